The van der Waals surface area contributed by atoms with Gasteiger partial charge in [0.15, 0.2) is 5.96 Å². The van der Waals surface area contributed by atoms with Gasteiger partial charge in [0.05, 0.1) is 24.2 Å². The number of hydrogen-bond acceptors (Lipinski definition) is 5. The van der Waals surface area contributed by atoms with Gasteiger partial charge >= 0.3 is 0 Å². The third kappa shape index (κ3) is 7.73. The summed E-state index contributed by atoms with van der Waals surface area (Å²) in [7, 11) is 0. The molecule has 4 aromatic rings. The van der Waals surface area contributed by atoms with Crippen LogP contribution in [0.1, 0.15) is 40.4 Å². The van der Waals surface area contributed by atoms with E-state index in [1.54, 1.807) is 17.0 Å². The van der Waals surface area contributed by atoms with Crippen molar-refractivity contribution >= 4 is 28.8 Å². The molecule has 10 nitrogen and oxygen atoms in total. The lowest BCUT2D eigenvalue weighted by molar-refractivity contribution is -0.121. The summed E-state index contributed by atoms with van der Waals surface area (Å²) >= 11 is 0. The number of nitrogens with zero attached hydrogens (tertiary/aromatic N) is 4. The van der Waals surface area contributed by atoms with Crippen molar-refractivity contribution < 1.29 is 14.3 Å². The number of aromatic nitrogens is 2. The number of imidazole rings is 1. The van der Waals surface area contributed by atoms with Crippen LogP contribution in [0.3, 0.4) is 0 Å². The van der Waals surface area contributed by atoms with Crippen LogP contribution in [-0.2, 0) is 9.53 Å². The summed E-state index contributed by atoms with van der Waals surface area (Å²) in [5, 5.41) is 0. The van der Waals surface area contributed by atoms with E-state index in [-0.39, 0.29) is 11.9 Å². The molecular weight excluding hydrogens is 530 g/mol. The van der Waals surface area contributed by atoms with Crippen molar-refractivity contribution in [1.29, 1.82) is 0 Å². The Bertz CT molecular complexity index is 1540. The SMILES string of the molecule is Cc1cccc(-c2nc3cc(C(=O)N4CCOCC4)ccc3n2C(CCCN=C(N)N)C(N)=O)c1.Cc1ccccc1. The Morgan fingerprint density at radius 3 is 2.26 bits per heavy atom. The van der Waals surface area contributed by atoms with Crippen molar-refractivity contribution in [2.75, 3.05) is 32.8 Å². The quantitative estimate of drug-likeness (QED) is 0.167. The number of hydrogen-bond donors (Lipinski definition) is 3. The summed E-state index contributed by atoms with van der Waals surface area (Å²) in [6.07, 6.45) is 0.997. The molecule has 1 aliphatic heterocycles. The van der Waals surface area contributed by atoms with Gasteiger partial charge in [-0.25, -0.2) is 4.98 Å². The molecule has 10 heteroatoms. The highest BCUT2D eigenvalue weighted by atomic mass is 16.5. The van der Waals surface area contributed by atoms with Crippen LogP contribution in [0.15, 0.2) is 77.8 Å². The van der Waals surface area contributed by atoms with Gasteiger partial charge in [-0.05, 0) is 51.0 Å². The number of carbonyl (C=O) groups is 2. The van der Waals surface area contributed by atoms with Crippen molar-refractivity contribution in [3.63, 3.8) is 0 Å². The molecule has 2 amide bonds. The number of carbonyl (C=O) groups excluding carboxylic acids is 2. The average Bonchev–Trinajstić information content (AvgIpc) is 3.36. The molecule has 0 bridgehead atoms. The van der Waals surface area contributed by atoms with Gasteiger partial charge in [0.25, 0.3) is 5.91 Å². The standard InChI is InChI=1S/C25H31N7O3.C7H8/c1-16-4-2-5-17(14-16)23-30-19-15-18(24(34)31-10-12-35-13-11-31)7-8-20(19)32(23)21(22(26)33)6-3-9-29-25(27)28;1-7-5-3-2-4-6-7/h2,4-5,7-8,14-15,21H,3,6,9-13H2,1H3,(H2,26,33)(H4,27,28,29);2-6H,1H3. The average molecular weight is 570 g/mol. The van der Waals surface area contributed by atoms with E-state index in [9.17, 15) is 9.59 Å². The number of rotatable bonds is 8. The molecule has 1 aromatic heterocycles. The number of aliphatic imine (C=N–C) groups is 1. The number of fused-ring (bicyclic) bond motifs is 1. The van der Waals surface area contributed by atoms with Crippen LogP contribution in [0, 0.1) is 13.8 Å². The summed E-state index contributed by atoms with van der Waals surface area (Å²) in [6.45, 7) is 6.63. The lowest BCUT2D eigenvalue weighted by Crippen LogP contribution is -2.40. The van der Waals surface area contributed by atoms with E-state index in [4.69, 9.17) is 26.9 Å². The van der Waals surface area contributed by atoms with Crippen molar-refractivity contribution in [3.8, 4) is 11.4 Å². The first-order valence-electron chi connectivity index (χ1n) is 14.1. The molecule has 1 saturated heterocycles. The number of guanidine groups is 1. The van der Waals surface area contributed by atoms with Crippen LogP contribution in [0.2, 0.25) is 0 Å². The van der Waals surface area contributed by atoms with Crippen LogP contribution >= 0.6 is 0 Å². The Hall–Kier alpha value is -4.70. The largest absolute Gasteiger partial charge is 0.378 e. The molecule has 1 unspecified atom stereocenters. The zero-order chi connectivity index (χ0) is 30.1. The highest BCUT2D eigenvalue weighted by Crippen LogP contribution is 2.31. The summed E-state index contributed by atoms with van der Waals surface area (Å²) in [5.41, 5.74) is 21.9. The Kier molecular flexibility index (Phi) is 10.3. The summed E-state index contributed by atoms with van der Waals surface area (Å²) in [6, 6.07) is 22.9. The maximum absolute atomic E-state index is 13.1. The lowest BCUT2D eigenvalue weighted by atomic mass is 10.1. The first-order chi connectivity index (χ1) is 20.2. The minimum Gasteiger partial charge on any atom is -0.378 e. The Labute approximate surface area is 246 Å². The normalized spacial score (nSPS) is 13.6. The fourth-order valence-corrected chi connectivity index (χ4v) is 4.91. The minimum atomic E-state index is -0.662. The van der Waals surface area contributed by atoms with Gasteiger partial charge in [0.2, 0.25) is 5.91 Å². The van der Waals surface area contributed by atoms with E-state index in [1.165, 1.54) is 5.56 Å². The van der Waals surface area contributed by atoms with Gasteiger partial charge in [0.1, 0.15) is 11.9 Å². The molecule has 0 aliphatic carbocycles. The number of primary amides is 1. The van der Waals surface area contributed by atoms with Crippen molar-refractivity contribution in [3.05, 3.63) is 89.5 Å². The van der Waals surface area contributed by atoms with Crippen LogP contribution in [-0.4, -0.2) is 65.1 Å². The minimum absolute atomic E-state index is 0.00613. The lowest BCUT2D eigenvalue weighted by Gasteiger charge is -2.26. The van der Waals surface area contributed by atoms with Crippen LogP contribution < -0.4 is 17.2 Å². The molecule has 2 heterocycles. The fourth-order valence-electron chi connectivity index (χ4n) is 4.91. The molecule has 0 spiro atoms. The molecule has 0 radical (unpaired) electrons. The Morgan fingerprint density at radius 2 is 1.64 bits per heavy atom. The van der Waals surface area contributed by atoms with Gasteiger partial charge in [-0.3, -0.25) is 14.6 Å². The molecule has 5 rings (SSSR count). The summed E-state index contributed by atoms with van der Waals surface area (Å²) < 4.78 is 7.23. The van der Waals surface area contributed by atoms with Gasteiger partial charge in [-0.15, -0.1) is 0 Å². The van der Waals surface area contributed by atoms with E-state index in [0.717, 1.165) is 16.6 Å². The first kappa shape index (κ1) is 30.3. The zero-order valence-corrected chi connectivity index (χ0v) is 24.2. The topological polar surface area (TPSA) is 155 Å². The number of aryl methyl sites for hydroxylation is 2. The van der Waals surface area contributed by atoms with Gasteiger partial charge < -0.3 is 31.4 Å². The van der Waals surface area contributed by atoms with Crippen molar-refractivity contribution in [1.82, 2.24) is 14.5 Å². The number of ether oxygens (including phenoxy) is 1. The van der Waals surface area contributed by atoms with E-state index >= 15 is 0 Å². The van der Waals surface area contributed by atoms with E-state index in [1.807, 2.05) is 60.0 Å². The second-order valence-corrected chi connectivity index (χ2v) is 10.3. The number of morpholine rings is 1. The van der Waals surface area contributed by atoms with E-state index in [0.29, 0.717) is 62.6 Å². The second kappa shape index (κ2) is 14.3. The monoisotopic (exact) mass is 569 g/mol. The summed E-state index contributed by atoms with van der Waals surface area (Å²) in [5.74, 6) is 0.0823. The molecule has 220 valence electrons. The Morgan fingerprint density at radius 1 is 0.929 bits per heavy atom. The van der Waals surface area contributed by atoms with Crippen molar-refractivity contribution in [2.24, 2.45) is 22.2 Å². The maximum Gasteiger partial charge on any atom is 0.254 e. The fraction of sp³-hybridized carbons (Fsp3) is 0.312. The molecule has 42 heavy (non-hydrogen) atoms. The smallest absolute Gasteiger partial charge is 0.254 e. The molecule has 6 N–H and O–H groups in total. The van der Waals surface area contributed by atoms with E-state index in [2.05, 4.69) is 24.0 Å². The molecule has 0 saturated carbocycles. The second-order valence-electron chi connectivity index (χ2n) is 10.3. The maximum atomic E-state index is 13.1. The van der Waals surface area contributed by atoms with Gasteiger partial charge in [-0.2, -0.15) is 0 Å². The van der Waals surface area contributed by atoms with Crippen LogP contribution in [0.25, 0.3) is 22.4 Å². The first-order valence-corrected chi connectivity index (χ1v) is 14.1. The molecular formula is C32H39N7O3. The highest BCUT2D eigenvalue weighted by Gasteiger charge is 2.26. The molecule has 1 aliphatic rings. The predicted molar refractivity (Wildman–Crippen MR) is 166 cm³/mol. The zero-order valence-electron chi connectivity index (χ0n) is 24.2. The van der Waals surface area contributed by atoms with Crippen molar-refractivity contribution in [2.45, 2.75) is 32.7 Å². The van der Waals surface area contributed by atoms with E-state index < -0.39 is 11.9 Å². The Balaban J connectivity index is 0.000000507. The molecule has 1 atom stereocenters. The van der Waals surface area contributed by atoms with Crippen LogP contribution in [0.5, 0.6) is 0 Å². The number of benzene rings is 3. The third-order valence-corrected chi connectivity index (χ3v) is 7.02. The number of nitrogens with two attached hydrogens (primary N) is 3. The predicted octanol–water partition coefficient (Wildman–Crippen LogP) is 3.56. The highest BCUT2D eigenvalue weighted by molar-refractivity contribution is 5.98. The van der Waals surface area contributed by atoms with Gasteiger partial charge in [0, 0.05) is 30.8 Å². The van der Waals surface area contributed by atoms with Crippen LogP contribution in [0.4, 0.5) is 0 Å². The number of amides is 2. The third-order valence-electron chi connectivity index (χ3n) is 7.02. The molecule has 1 fully saturated rings. The van der Waals surface area contributed by atoms with Gasteiger partial charge in [-0.1, -0.05) is 59.7 Å². The summed E-state index contributed by atoms with van der Waals surface area (Å²) in [4.78, 5) is 36.3. The molecule has 3 aromatic carbocycles.